The molecule has 20 heavy (non-hydrogen) atoms. The molecule has 1 atom stereocenters. The van der Waals surface area contributed by atoms with E-state index in [0.29, 0.717) is 0 Å². The monoisotopic (exact) mass is 288 g/mol. The molecule has 0 fully saturated rings. The third kappa shape index (κ3) is 3.47. The van der Waals surface area contributed by atoms with Gasteiger partial charge in [0.05, 0.1) is 5.01 Å². The zero-order valence-corrected chi connectivity index (χ0v) is 13.5. The molecule has 0 radical (unpaired) electrons. The Morgan fingerprint density at radius 1 is 1.20 bits per heavy atom. The minimum absolute atomic E-state index is 0.140. The Kier molecular flexibility index (Phi) is 5.32. The molecule has 1 unspecified atom stereocenters. The fourth-order valence-corrected chi connectivity index (χ4v) is 3.57. The van der Waals surface area contributed by atoms with Crippen molar-refractivity contribution in [1.29, 1.82) is 0 Å². The Morgan fingerprint density at radius 3 is 2.50 bits per heavy atom. The lowest BCUT2D eigenvalue weighted by Gasteiger charge is -2.33. The lowest BCUT2D eigenvalue weighted by molar-refractivity contribution is 0.381. The van der Waals surface area contributed by atoms with Crippen molar-refractivity contribution >= 4 is 11.3 Å². The molecular weight excluding hydrogens is 264 g/mol. The topological polar surface area (TPSA) is 24.9 Å². The summed E-state index contributed by atoms with van der Waals surface area (Å²) in [6.45, 7) is 8.53. The summed E-state index contributed by atoms with van der Waals surface area (Å²) in [5.41, 5.74) is 2.68. The number of rotatable bonds is 7. The molecule has 2 nitrogen and oxygen atoms in total. The second-order valence-electron chi connectivity index (χ2n) is 5.34. The van der Waals surface area contributed by atoms with E-state index in [1.165, 1.54) is 10.6 Å². The summed E-state index contributed by atoms with van der Waals surface area (Å²) in [5.74, 6) is 0. The Morgan fingerprint density at radius 2 is 1.95 bits per heavy atom. The van der Waals surface area contributed by atoms with Gasteiger partial charge >= 0.3 is 0 Å². The van der Waals surface area contributed by atoms with Crippen LogP contribution in [0.25, 0.3) is 0 Å². The van der Waals surface area contributed by atoms with Gasteiger partial charge in [0.15, 0.2) is 0 Å². The number of benzene rings is 1. The predicted octanol–water partition coefficient (Wildman–Crippen LogP) is 3.95. The number of nitrogens with zero attached hydrogens (tertiary/aromatic N) is 1. The summed E-state index contributed by atoms with van der Waals surface area (Å²) in [6.07, 6.45) is 2.13. The average molecular weight is 288 g/mol. The Labute approximate surface area is 126 Å². The van der Waals surface area contributed by atoms with E-state index in [-0.39, 0.29) is 5.41 Å². The van der Waals surface area contributed by atoms with E-state index in [1.54, 1.807) is 11.3 Å². The van der Waals surface area contributed by atoms with Crippen molar-refractivity contribution in [1.82, 2.24) is 10.3 Å². The van der Waals surface area contributed by atoms with Crippen LogP contribution >= 0.6 is 11.3 Å². The van der Waals surface area contributed by atoms with Crippen LogP contribution in [-0.4, -0.2) is 18.1 Å². The van der Waals surface area contributed by atoms with Crippen LogP contribution in [0.3, 0.4) is 0 Å². The van der Waals surface area contributed by atoms with Crippen LogP contribution in [0.2, 0.25) is 0 Å². The van der Waals surface area contributed by atoms with Crippen molar-refractivity contribution in [2.45, 2.75) is 39.0 Å². The SMILES string of the molecule is CCNCC(CC)(Cc1nc(C)cs1)c1ccccc1. The van der Waals surface area contributed by atoms with E-state index in [0.717, 1.165) is 31.6 Å². The molecule has 0 saturated heterocycles. The van der Waals surface area contributed by atoms with Crippen LogP contribution in [0, 0.1) is 6.92 Å². The summed E-state index contributed by atoms with van der Waals surface area (Å²) in [6, 6.07) is 10.9. The molecule has 0 spiro atoms. The highest BCUT2D eigenvalue weighted by atomic mass is 32.1. The number of hydrogen-bond acceptors (Lipinski definition) is 3. The van der Waals surface area contributed by atoms with Gasteiger partial charge in [-0.2, -0.15) is 0 Å². The molecular formula is C17H24N2S. The average Bonchev–Trinajstić information content (AvgIpc) is 2.89. The summed E-state index contributed by atoms with van der Waals surface area (Å²) in [7, 11) is 0. The lowest BCUT2D eigenvalue weighted by atomic mass is 9.75. The molecule has 0 bridgehead atoms. The van der Waals surface area contributed by atoms with E-state index in [9.17, 15) is 0 Å². The van der Waals surface area contributed by atoms with Gasteiger partial charge in [-0.25, -0.2) is 4.98 Å². The molecule has 0 amide bonds. The fourth-order valence-electron chi connectivity index (χ4n) is 2.65. The maximum absolute atomic E-state index is 4.67. The van der Waals surface area contributed by atoms with E-state index in [4.69, 9.17) is 0 Å². The van der Waals surface area contributed by atoms with Gasteiger partial charge in [-0.1, -0.05) is 44.2 Å². The van der Waals surface area contributed by atoms with Crippen molar-refractivity contribution in [3.8, 4) is 0 Å². The van der Waals surface area contributed by atoms with Crippen LogP contribution in [0.15, 0.2) is 35.7 Å². The zero-order valence-electron chi connectivity index (χ0n) is 12.6. The molecule has 0 aliphatic carbocycles. The van der Waals surface area contributed by atoms with Crippen molar-refractivity contribution in [2.75, 3.05) is 13.1 Å². The van der Waals surface area contributed by atoms with Crippen molar-refractivity contribution < 1.29 is 0 Å². The fraction of sp³-hybridized carbons (Fsp3) is 0.471. The maximum Gasteiger partial charge on any atom is 0.0937 e. The molecule has 1 heterocycles. The normalized spacial score (nSPS) is 14.2. The predicted molar refractivity (Wildman–Crippen MR) is 87.5 cm³/mol. The molecule has 1 aromatic heterocycles. The highest BCUT2D eigenvalue weighted by Gasteiger charge is 2.31. The molecule has 1 aromatic carbocycles. The van der Waals surface area contributed by atoms with E-state index in [1.807, 2.05) is 0 Å². The zero-order chi connectivity index (χ0) is 14.4. The number of hydrogen-bond donors (Lipinski definition) is 1. The van der Waals surface area contributed by atoms with Gasteiger partial charge in [0.2, 0.25) is 0 Å². The van der Waals surface area contributed by atoms with Crippen molar-refractivity contribution in [3.05, 3.63) is 52.0 Å². The number of likely N-dealkylation sites (N-methyl/N-ethyl adjacent to an activating group) is 1. The Balaban J connectivity index is 2.31. The molecule has 0 aliphatic heterocycles. The quantitative estimate of drug-likeness (QED) is 0.834. The smallest absolute Gasteiger partial charge is 0.0937 e. The van der Waals surface area contributed by atoms with Gasteiger partial charge < -0.3 is 5.32 Å². The van der Waals surface area contributed by atoms with E-state index in [2.05, 4.69) is 66.8 Å². The van der Waals surface area contributed by atoms with Gasteiger partial charge in [-0.3, -0.25) is 0 Å². The minimum atomic E-state index is 0.140. The van der Waals surface area contributed by atoms with Crippen LogP contribution < -0.4 is 5.32 Å². The summed E-state index contributed by atoms with van der Waals surface area (Å²) in [4.78, 5) is 4.67. The third-order valence-electron chi connectivity index (χ3n) is 3.93. The minimum Gasteiger partial charge on any atom is -0.316 e. The first-order chi connectivity index (χ1) is 9.70. The summed E-state index contributed by atoms with van der Waals surface area (Å²) < 4.78 is 0. The molecule has 2 aromatic rings. The third-order valence-corrected chi connectivity index (χ3v) is 4.90. The standard InChI is InChI=1S/C17H24N2S/c1-4-17(13-18-5-2,15-9-7-6-8-10-15)11-16-19-14(3)12-20-16/h6-10,12,18H,4-5,11,13H2,1-3H3. The summed E-state index contributed by atoms with van der Waals surface area (Å²) in [5, 5.41) is 6.93. The highest BCUT2D eigenvalue weighted by molar-refractivity contribution is 7.09. The number of aromatic nitrogens is 1. The van der Waals surface area contributed by atoms with Crippen LogP contribution in [0.4, 0.5) is 0 Å². The van der Waals surface area contributed by atoms with Gasteiger partial charge in [-0.05, 0) is 25.5 Å². The van der Waals surface area contributed by atoms with Gasteiger partial charge in [-0.15, -0.1) is 11.3 Å². The Bertz CT molecular complexity index is 521. The largest absolute Gasteiger partial charge is 0.316 e. The first kappa shape index (κ1) is 15.2. The second-order valence-corrected chi connectivity index (χ2v) is 6.28. The molecule has 108 valence electrons. The second kappa shape index (κ2) is 7.00. The Hall–Kier alpha value is -1.19. The first-order valence-electron chi connectivity index (χ1n) is 7.37. The van der Waals surface area contributed by atoms with Crippen molar-refractivity contribution in [2.24, 2.45) is 0 Å². The van der Waals surface area contributed by atoms with Gasteiger partial charge in [0, 0.05) is 29.5 Å². The first-order valence-corrected chi connectivity index (χ1v) is 8.25. The summed E-state index contributed by atoms with van der Waals surface area (Å²) >= 11 is 1.78. The number of thiazole rings is 1. The van der Waals surface area contributed by atoms with Gasteiger partial charge in [0.1, 0.15) is 0 Å². The molecule has 2 rings (SSSR count). The molecule has 0 saturated carbocycles. The highest BCUT2D eigenvalue weighted by Crippen LogP contribution is 2.32. The van der Waals surface area contributed by atoms with Crippen LogP contribution in [0.5, 0.6) is 0 Å². The van der Waals surface area contributed by atoms with Crippen LogP contribution in [-0.2, 0) is 11.8 Å². The molecule has 3 heteroatoms. The number of nitrogens with one attached hydrogen (secondary N) is 1. The van der Waals surface area contributed by atoms with Crippen LogP contribution in [0.1, 0.15) is 36.5 Å². The van der Waals surface area contributed by atoms with Gasteiger partial charge in [0.25, 0.3) is 0 Å². The number of aryl methyl sites for hydroxylation is 1. The molecule has 1 N–H and O–H groups in total. The van der Waals surface area contributed by atoms with E-state index >= 15 is 0 Å². The maximum atomic E-state index is 4.67. The van der Waals surface area contributed by atoms with Crippen molar-refractivity contribution in [3.63, 3.8) is 0 Å². The molecule has 0 aliphatic rings. The van der Waals surface area contributed by atoms with E-state index < -0.39 is 0 Å². The lowest BCUT2D eigenvalue weighted by Crippen LogP contribution is -2.39.